The van der Waals surface area contributed by atoms with Gasteiger partial charge in [0, 0.05) is 25.3 Å². The van der Waals surface area contributed by atoms with E-state index in [-0.39, 0.29) is 11.4 Å². The summed E-state index contributed by atoms with van der Waals surface area (Å²) in [6.07, 6.45) is 1.10. The van der Waals surface area contributed by atoms with E-state index in [9.17, 15) is 10.1 Å². The first-order valence-electron chi connectivity index (χ1n) is 5.70. The number of nitro groups is 1. The zero-order valence-electron chi connectivity index (χ0n) is 10.5. The van der Waals surface area contributed by atoms with Crippen LogP contribution in [0.15, 0.2) is 18.2 Å². The maximum atomic E-state index is 10.6. The number of nitrogens with zero attached hydrogens (tertiary/aromatic N) is 2. The number of nitro benzene ring substituents is 1. The number of hydrogen-bond donors (Lipinski definition) is 1. The summed E-state index contributed by atoms with van der Waals surface area (Å²) in [5.41, 5.74) is 6.74. The van der Waals surface area contributed by atoms with Gasteiger partial charge in [-0.3, -0.25) is 10.1 Å². The van der Waals surface area contributed by atoms with Gasteiger partial charge in [-0.2, -0.15) is 0 Å². The first-order chi connectivity index (χ1) is 7.95. The van der Waals surface area contributed by atoms with Crippen LogP contribution < -0.4 is 10.6 Å². The van der Waals surface area contributed by atoms with Gasteiger partial charge in [0.1, 0.15) is 5.69 Å². The quantitative estimate of drug-likeness (QED) is 0.485. The second-order valence-electron chi connectivity index (χ2n) is 4.39. The number of anilines is 2. The van der Waals surface area contributed by atoms with Gasteiger partial charge >= 0.3 is 0 Å². The molecule has 2 N–H and O–H groups in total. The number of nitrogen functional groups attached to an aromatic ring is 1. The minimum Gasteiger partial charge on any atom is -0.393 e. The summed E-state index contributed by atoms with van der Waals surface area (Å²) in [6, 6.07) is 4.84. The van der Waals surface area contributed by atoms with E-state index >= 15 is 0 Å². The summed E-state index contributed by atoms with van der Waals surface area (Å²) in [7, 11) is 1.97. The van der Waals surface area contributed by atoms with Crippen molar-refractivity contribution < 1.29 is 4.92 Å². The molecule has 5 nitrogen and oxygen atoms in total. The Morgan fingerprint density at radius 2 is 2.18 bits per heavy atom. The Hall–Kier alpha value is -1.78. The molecule has 94 valence electrons. The summed E-state index contributed by atoms with van der Waals surface area (Å²) in [4.78, 5) is 12.2. The second kappa shape index (κ2) is 5.52. The fourth-order valence-electron chi connectivity index (χ4n) is 1.65. The molecule has 17 heavy (non-hydrogen) atoms. The van der Waals surface area contributed by atoms with Crippen LogP contribution in [-0.2, 0) is 0 Å². The molecule has 0 bridgehead atoms. The molecule has 0 amide bonds. The lowest BCUT2D eigenvalue weighted by Crippen LogP contribution is -2.23. The molecule has 1 atom stereocenters. The number of benzene rings is 1. The van der Waals surface area contributed by atoms with Gasteiger partial charge in [-0.05, 0) is 18.1 Å². The van der Waals surface area contributed by atoms with Crippen molar-refractivity contribution in [1.29, 1.82) is 0 Å². The predicted molar refractivity (Wildman–Crippen MR) is 70.2 cm³/mol. The first kappa shape index (κ1) is 13.3. The van der Waals surface area contributed by atoms with Crippen LogP contribution in [0.3, 0.4) is 0 Å². The van der Waals surface area contributed by atoms with Gasteiger partial charge in [-0.25, -0.2) is 0 Å². The molecule has 0 saturated heterocycles. The van der Waals surface area contributed by atoms with Gasteiger partial charge < -0.3 is 10.6 Å². The Morgan fingerprint density at radius 1 is 1.53 bits per heavy atom. The fourth-order valence-corrected chi connectivity index (χ4v) is 1.65. The monoisotopic (exact) mass is 237 g/mol. The van der Waals surface area contributed by atoms with Crippen molar-refractivity contribution in [3.63, 3.8) is 0 Å². The fraction of sp³-hybridized carbons (Fsp3) is 0.500. The zero-order chi connectivity index (χ0) is 13.0. The van der Waals surface area contributed by atoms with Crippen LogP contribution in [0.2, 0.25) is 0 Å². The van der Waals surface area contributed by atoms with Gasteiger partial charge in [0.25, 0.3) is 5.69 Å². The lowest BCUT2D eigenvalue weighted by molar-refractivity contribution is -0.383. The highest BCUT2D eigenvalue weighted by Gasteiger charge is 2.13. The van der Waals surface area contributed by atoms with Crippen LogP contribution >= 0.6 is 0 Å². The average Bonchev–Trinajstić information content (AvgIpc) is 2.28. The number of nitrogens with two attached hydrogens (primary N) is 1. The third kappa shape index (κ3) is 3.34. The smallest absolute Gasteiger partial charge is 0.292 e. The first-order valence-corrected chi connectivity index (χ1v) is 5.70. The van der Waals surface area contributed by atoms with Crippen molar-refractivity contribution in [2.45, 2.75) is 20.3 Å². The molecule has 0 fully saturated rings. The molecule has 1 unspecified atom stereocenters. The molecule has 1 aromatic carbocycles. The maximum Gasteiger partial charge on any atom is 0.292 e. The Balaban J connectivity index is 2.86. The third-order valence-corrected chi connectivity index (χ3v) is 2.93. The van der Waals surface area contributed by atoms with Crippen LogP contribution in [-0.4, -0.2) is 18.5 Å². The van der Waals surface area contributed by atoms with Crippen molar-refractivity contribution in [2.75, 3.05) is 24.2 Å². The molecule has 0 spiro atoms. The van der Waals surface area contributed by atoms with Gasteiger partial charge in [-0.1, -0.05) is 20.3 Å². The van der Waals surface area contributed by atoms with Gasteiger partial charge in [0.15, 0.2) is 0 Å². The van der Waals surface area contributed by atoms with Gasteiger partial charge in [0.2, 0.25) is 0 Å². The average molecular weight is 237 g/mol. The molecule has 0 aromatic heterocycles. The SMILES string of the molecule is CCC(C)CN(C)c1ccc([N+](=O)[O-])c(N)c1. The van der Waals surface area contributed by atoms with Gasteiger partial charge in [-0.15, -0.1) is 0 Å². The summed E-state index contributed by atoms with van der Waals surface area (Å²) < 4.78 is 0. The van der Waals surface area contributed by atoms with Crippen molar-refractivity contribution >= 4 is 17.1 Å². The lowest BCUT2D eigenvalue weighted by atomic mass is 10.1. The van der Waals surface area contributed by atoms with Crippen molar-refractivity contribution in [1.82, 2.24) is 0 Å². The Labute approximate surface area is 101 Å². The highest BCUT2D eigenvalue weighted by Crippen LogP contribution is 2.26. The van der Waals surface area contributed by atoms with E-state index in [0.717, 1.165) is 18.7 Å². The second-order valence-corrected chi connectivity index (χ2v) is 4.39. The molecule has 0 radical (unpaired) electrons. The number of hydrogen-bond acceptors (Lipinski definition) is 4. The Kier molecular flexibility index (Phi) is 4.31. The van der Waals surface area contributed by atoms with Gasteiger partial charge in [0.05, 0.1) is 4.92 Å². The van der Waals surface area contributed by atoms with Crippen LogP contribution in [0.1, 0.15) is 20.3 Å². The van der Waals surface area contributed by atoms with Crippen LogP contribution in [0.5, 0.6) is 0 Å². The molecule has 0 aliphatic rings. The molecule has 5 heteroatoms. The minimum atomic E-state index is -0.465. The third-order valence-electron chi connectivity index (χ3n) is 2.93. The van der Waals surface area contributed by atoms with E-state index in [1.54, 1.807) is 12.1 Å². The lowest BCUT2D eigenvalue weighted by Gasteiger charge is -2.22. The highest BCUT2D eigenvalue weighted by atomic mass is 16.6. The van der Waals surface area contributed by atoms with E-state index in [1.807, 2.05) is 7.05 Å². The zero-order valence-corrected chi connectivity index (χ0v) is 10.5. The number of rotatable bonds is 5. The van der Waals surface area contributed by atoms with E-state index in [1.165, 1.54) is 6.07 Å². The van der Waals surface area contributed by atoms with E-state index in [2.05, 4.69) is 18.7 Å². The molecular formula is C12H19N3O2. The summed E-state index contributed by atoms with van der Waals surface area (Å²) in [6.45, 7) is 5.22. The highest BCUT2D eigenvalue weighted by molar-refractivity contribution is 5.66. The standard InChI is InChI=1S/C12H19N3O2/c1-4-9(2)8-14(3)10-5-6-12(15(16)17)11(13)7-10/h5-7,9H,4,8,13H2,1-3H3. The summed E-state index contributed by atoms with van der Waals surface area (Å²) >= 11 is 0. The van der Waals surface area contributed by atoms with Crippen molar-refractivity contribution in [3.8, 4) is 0 Å². The van der Waals surface area contributed by atoms with Crippen LogP contribution in [0.4, 0.5) is 17.1 Å². The van der Waals surface area contributed by atoms with Crippen LogP contribution in [0, 0.1) is 16.0 Å². The summed E-state index contributed by atoms with van der Waals surface area (Å²) in [5, 5.41) is 10.6. The normalized spacial score (nSPS) is 12.2. The maximum absolute atomic E-state index is 10.6. The molecule has 0 saturated carbocycles. The van der Waals surface area contributed by atoms with Crippen molar-refractivity contribution in [3.05, 3.63) is 28.3 Å². The molecule has 0 heterocycles. The van der Waals surface area contributed by atoms with Crippen molar-refractivity contribution in [2.24, 2.45) is 5.92 Å². The van der Waals surface area contributed by atoms with E-state index < -0.39 is 4.92 Å². The molecule has 0 aliphatic carbocycles. The van der Waals surface area contributed by atoms with E-state index in [4.69, 9.17) is 5.73 Å². The molecular weight excluding hydrogens is 218 g/mol. The Morgan fingerprint density at radius 3 is 2.65 bits per heavy atom. The predicted octanol–water partition coefficient (Wildman–Crippen LogP) is 2.66. The van der Waals surface area contributed by atoms with E-state index in [0.29, 0.717) is 5.92 Å². The molecule has 1 aromatic rings. The minimum absolute atomic E-state index is 0.0364. The summed E-state index contributed by atoms with van der Waals surface area (Å²) in [5.74, 6) is 0.580. The Bertz CT molecular complexity index is 407. The van der Waals surface area contributed by atoms with Crippen LogP contribution in [0.25, 0.3) is 0 Å². The largest absolute Gasteiger partial charge is 0.393 e. The molecule has 0 aliphatic heterocycles. The topological polar surface area (TPSA) is 72.4 Å². The molecule has 1 rings (SSSR count).